The first-order chi connectivity index (χ1) is 9.78. The van der Waals surface area contributed by atoms with Crippen LogP contribution < -0.4 is 5.32 Å². The monoisotopic (exact) mass is 292 g/mol. The third-order valence-electron chi connectivity index (χ3n) is 4.72. The molecule has 0 aromatic heterocycles. The Bertz CT molecular complexity index is 454. The van der Waals surface area contributed by atoms with Crippen LogP contribution in [0.25, 0.3) is 0 Å². The second kappa shape index (κ2) is 6.46. The quantitative estimate of drug-likeness (QED) is 0.888. The first-order valence-electron chi connectivity index (χ1n) is 8.03. The summed E-state index contributed by atoms with van der Waals surface area (Å²) in [6, 6.07) is 7.76. The van der Waals surface area contributed by atoms with E-state index in [-0.39, 0.29) is 0 Å². The van der Waals surface area contributed by atoms with Gasteiger partial charge in [0.1, 0.15) is 0 Å². The van der Waals surface area contributed by atoms with Gasteiger partial charge in [0.15, 0.2) is 0 Å². The van der Waals surface area contributed by atoms with Gasteiger partial charge in [-0.2, -0.15) is 0 Å². The number of fused-ring (bicyclic) bond motifs is 1. The fourth-order valence-electron chi connectivity index (χ4n) is 3.80. The highest BCUT2D eigenvalue weighted by Gasteiger charge is 2.29. The molecule has 2 unspecified atom stereocenters. The maximum absolute atomic E-state index is 6.13. The summed E-state index contributed by atoms with van der Waals surface area (Å²) in [7, 11) is 0. The molecular weight excluding hydrogens is 268 g/mol. The highest BCUT2D eigenvalue weighted by atomic mass is 35.5. The Hall–Kier alpha value is -0.570. The van der Waals surface area contributed by atoms with Gasteiger partial charge in [-0.25, -0.2) is 0 Å². The fraction of sp³-hybridized carbons (Fsp3) is 0.647. The molecule has 20 heavy (non-hydrogen) atoms. The predicted molar refractivity (Wildman–Crippen MR) is 85.4 cm³/mol. The minimum atomic E-state index is 0.601. The van der Waals surface area contributed by atoms with E-state index in [0.29, 0.717) is 12.1 Å². The van der Waals surface area contributed by atoms with Gasteiger partial charge in [0.05, 0.1) is 0 Å². The van der Waals surface area contributed by atoms with Crippen LogP contribution >= 0.6 is 11.6 Å². The second-order valence-corrected chi connectivity index (χ2v) is 6.62. The van der Waals surface area contributed by atoms with Crippen LogP contribution in [0, 0.1) is 0 Å². The number of nitrogens with one attached hydrogen (secondary N) is 1. The number of rotatable bonds is 5. The molecule has 0 bridgehead atoms. The average molecular weight is 293 g/mol. The van der Waals surface area contributed by atoms with Crippen molar-refractivity contribution in [3.63, 3.8) is 0 Å². The summed E-state index contributed by atoms with van der Waals surface area (Å²) in [5.74, 6) is 0. The van der Waals surface area contributed by atoms with E-state index in [0.717, 1.165) is 5.02 Å². The Morgan fingerprint density at radius 2 is 2.25 bits per heavy atom. The molecule has 0 saturated carbocycles. The third kappa shape index (κ3) is 3.03. The van der Waals surface area contributed by atoms with Crippen LogP contribution in [0.2, 0.25) is 5.02 Å². The highest BCUT2D eigenvalue weighted by molar-refractivity contribution is 6.30. The summed E-state index contributed by atoms with van der Waals surface area (Å²) in [6.45, 7) is 5.87. The number of aryl methyl sites for hydroxylation is 1. The van der Waals surface area contributed by atoms with Gasteiger partial charge in [0, 0.05) is 23.7 Å². The summed E-state index contributed by atoms with van der Waals surface area (Å²) in [5, 5.41) is 4.52. The van der Waals surface area contributed by atoms with Crippen LogP contribution in [0.3, 0.4) is 0 Å². The van der Waals surface area contributed by atoms with Crippen LogP contribution in [0.4, 0.5) is 0 Å². The molecule has 0 radical (unpaired) electrons. The van der Waals surface area contributed by atoms with Gasteiger partial charge in [-0.3, -0.25) is 4.90 Å². The van der Waals surface area contributed by atoms with Crippen LogP contribution in [0.1, 0.15) is 49.8 Å². The van der Waals surface area contributed by atoms with Gasteiger partial charge in [0.2, 0.25) is 0 Å². The molecule has 1 fully saturated rings. The van der Waals surface area contributed by atoms with Gasteiger partial charge >= 0.3 is 0 Å². The first-order valence-corrected chi connectivity index (χ1v) is 8.41. The Morgan fingerprint density at radius 1 is 1.35 bits per heavy atom. The van der Waals surface area contributed by atoms with E-state index in [4.69, 9.17) is 11.6 Å². The largest absolute Gasteiger partial charge is 0.313 e. The van der Waals surface area contributed by atoms with E-state index in [1.807, 2.05) is 0 Å². The van der Waals surface area contributed by atoms with Crippen molar-refractivity contribution in [1.29, 1.82) is 0 Å². The lowest BCUT2D eigenvalue weighted by atomic mass is 10.1. The molecule has 0 spiro atoms. The molecule has 1 N–H and O–H groups in total. The molecule has 2 nitrogen and oxygen atoms in total. The molecule has 1 aliphatic heterocycles. The smallest absolute Gasteiger partial charge is 0.0408 e. The first kappa shape index (κ1) is 14.4. The minimum Gasteiger partial charge on any atom is -0.313 e. The summed E-state index contributed by atoms with van der Waals surface area (Å²) in [6.07, 6.45) is 6.33. The second-order valence-electron chi connectivity index (χ2n) is 6.19. The molecule has 1 aliphatic carbocycles. The van der Waals surface area contributed by atoms with Crippen LogP contribution in [0.5, 0.6) is 0 Å². The normalized spacial score (nSPS) is 25.4. The van der Waals surface area contributed by atoms with Gasteiger partial charge in [-0.15, -0.1) is 0 Å². The van der Waals surface area contributed by atoms with Gasteiger partial charge in [-0.05, 0) is 68.5 Å². The maximum atomic E-state index is 6.13. The molecular formula is C17H25ClN2. The minimum absolute atomic E-state index is 0.601. The zero-order valence-electron chi connectivity index (χ0n) is 12.4. The molecule has 1 saturated heterocycles. The fourth-order valence-corrected chi connectivity index (χ4v) is 3.99. The molecule has 1 heterocycles. The van der Waals surface area contributed by atoms with E-state index in [1.54, 1.807) is 0 Å². The average Bonchev–Trinajstić information content (AvgIpc) is 3.06. The molecule has 110 valence electrons. The Labute approximate surface area is 127 Å². The van der Waals surface area contributed by atoms with Crippen molar-refractivity contribution in [1.82, 2.24) is 10.2 Å². The topological polar surface area (TPSA) is 15.3 Å². The molecule has 2 atom stereocenters. The van der Waals surface area contributed by atoms with Gasteiger partial charge in [0.25, 0.3) is 0 Å². The van der Waals surface area contributed by atoms with Crippen molar-refractivity contribution in [3.05, 3.63) is 34.3 Å². The van der Waals surface area contributed by atoms with Crippen molar-refractivity contribution in [2.75, 3.05) is 19.6 Å². The van der Waals surface area contributed by atoms with Crippen LogP contribution in [-0.4, -0.2) is 30.6 Å². The number of nitrogens with zero attached hydrogens (tertiary/aromatic N) is 1. The molecule has 1 aromatic carbocycles. The number of hydrogen-bond donors (Lipinski definition) is 1. The Balaban J connectivity index is 1.75. The number of benzene rings is 1. The van der Waals surface area contributed by atoms with E-state index in [1.165, 1.54) is 62.9 Å². The van der Waals surface area contributed by atoms with Crippen molar-refractivity contribution < 1.29 is 0 Å². The number of hydrogen-bond acceptors (Lipinski definition) is 2. The van der Waals surface area contributed by atoms with E-state index < -0.39 is 0 Å². The molecule has 0 amide bonds. The zero-order chi connectivity index (χ0) is 13.9. The van der Waals surface area contributed by atoms with Gasteiger partial charge < -0.3 is 5.32 Å². The van der Waals surface area contributed by atoms with E-state index >= 15 is 0 Å². The lowest BCUT2D eigenvalue weighted by Crippen LogP contribution is -2.39. The van der Waals surface area contributed by atoms with Crippen molar-refractivity contribution >= 4 is 11.6 Å². The summed E-state index contributed by atoms with van der Waals surface area (Å²) < 4.78 is 0. The third-order valence-corrected chi connectivity index (χ3v) is 4.96. The highest BCUT2D eigenvalue weighted by Crippen LogP contribution is 2.37. The molecule has 3 rings (SSSR count). The van der Waals surface area contributed by atoms with E-state index in [2.05, 4.69) is 35.3 Å². The standard InChI is InChI=1S/C17H25ClN2/c1-2-10-20(12-15-4-3-9-19-15)17-8-5-13-11-14(18)6-7-16(13)17/h6-7,11,15,17,19H,2-5,8-10,12H2,1H3. The van der Waals surface area contributed by atoms with Crippen molar-refractivity contribution in [3.8, 4) is 0 Å². The lowest BCUT2D eigenvalue weighted by Gasteiger charge is -2.31. The van der Waals surface area contributed by atoms with Crippen molar-refractivity contribution in [2.45, 2.75) is 51.1 Å². The lowest BCUT2D eigenvalue weighted by molar-refractivity contribution is 0.180. The van der Waals surface area contributed by atoms with Gasteiger partial charge in [-0.1, -0.05) is 24.6 Å². The Kier molecular flexibility index (Phi) is 4.65. The summed E-state index contributed by atoms with van der Waals surface area (Å²) in [5.41, 5.74) is 2.98. The summed E-state index contributed by atoms with van der Waals surface area (Å²) in [4.78, 5) is 2.70. The molecule has 1 aromatic rings. The molecule has 2 aliphatic rings. The van der Waals surface area contributed by atoms with Crippen molar-refractivity contribution in [2.24, 2.45) is 0 Å². The maximum Gasteiger partial charge on any atom is 0.0408 e. The predicted octanol–water partition coefficient (Wildman–Crippen LogP) is 3.79. The SMILES string of the molecule is CCCN(CC1CCCN1)C1CCc2cc(Cl)ccc21. The summed E-state index contributed by atoms with van der Waals surface area (Å²) >= 11 is 6.13. The van der Waals surface area contributed by atoms with Crippen LogP contribution in [0.15, 0.2) is 18.2 Å². The van der Waals surface area contributed by atoms with E-state index in [9.17, 15) is 0 Å². The zero-order valence-corrected chi connectivity index (χ0v) is 13.1. The van der Waals surface area contributed by atoms with Crippen LogP contribution in [-0.2, 0) is 6.42 Å². The number of halogens is 1. The Morgan fingerprint density at radius 3 is 3.00 bits per heavy atom. The molecule has 3 heteroatoms.